The molecule has 0 aliphatic rings. The number of carbonyl (C=O) groups is 1. The van der Waals surface area contributed by atoms with Gasteiger partial charge in [0, 0.05) is 10.4 Å². The number of ketones is 1. The summed E-state index contributed by atoms with van der Waals surface area (Å²) in [6, 6.07) is 6.83. The van der Waals surface area contributed by atoms with Gasteiger partial charge in [-0.15, -0.1) is 0 Å². The molecule has 5 nitrogen and oxygen atoms in total. The van der Waals surface area contributed by atoms with Gasteiger partial charge in [0.1, 0.15) is 18.4 Å². The van der Waals surface area contributed by atoms with Gasteiger partial charge in [0.2, 0.25) is 5.78 Å². The smallest absolute Gasteiger partial charge is 0.252 e. The van der Waals surface area contributed by atoms with Crippen LogP contribution in [-0.2, 0) is 4.79 Å². The van der Waals surface area contributed by atoms with Gasteiger partial charge < -0.3 is 4.74 Å². The van der Waals surface area contributed by atoms with E-state index in [0.717, 1.165) is 0 Å². The molecule has 0 saturated heterocycles. The summed E-state index contributed by atoms with van der Waals surface area (Å²) >= 11 is 5.83. The number of benzene rings is 1. The van der Waals surface area contributed by atoms with Crippen LogP contribution in [0.15, 0.2) is 36.9 Å². The topological polar surface area (TPSA) is 57.0 Å². The van der Waals surface area contributed by atoms with Gasteiger partial charge in [-0.1, -0.05) is 39.8 Å². The summed E-state index contributed by atoms with van der Waals surface area (Å²) < 4.78 is 7.16. The Hall–Kier alpha value is -1.88. The van der Waals surface area contributed by atoms with Crippen molar-refractivity contribution in [2.45, 2.75) is 34.4 Å². The molecule has 2 rings (SSSR count). The van der Waals surface area contributed by atoms with Crippen molar-refractivity contribution in [2.24, 2.45) is 5.41 Å². The fraction of sp³-hybridized carbons (Fsp3) is 0.400. The predicted octanol–water partition coefficient (Wildman–Crippen LogP) is 3.76. The molecule has 0 amide bonds. The van der Waals surface area contributed by atoms with E-state index in [0.29, 0.717) is 10.8 Å². The average Bonchev–Trinajstić information content (AvgIpc) is 2.90. The number of nitrogens with zero attached hydrogens (tertiary/aromatic N) is 3. The third-order valence-corrected chi connectivity index (χ3v) is 2.95. The van der Waals surface area contributed by atoms with Gasteiger partial charge in [-0.25, -0.2) is 9.67 Å². The van der Waals surface area contributed by atoms with Crippen LogP contribution in [0.25, 0.3) is 0 Å². The summed E-state index contributed by atoms with van der Waals surface area (Å²) in [5.74, 6) is 0.463. The van der Waals surface area contributed by atoms with Crippen molar-refractivity contribution in [1.29, 1.82) is 0 Å². The molecule has 0 radical (unpaired) electrons. The highest BCUT2D eigenvalue weighted by Crippen LogP contribution is 2.26. The minimum Gasteiger partial charge on any atom is -0.461 e. The Bertz CT molecular complexity index is 574. The Balaban J connectivity index is 0.00000220. The first kappa shape index (κ1) is 17.2. The molecular formula is C15H20ClN3O2. The van der Waals surface area contributed by atoms with Gasteiger partial charge in [0.25, 0.3) is 6.23 Å². The normalized spacial score (nSPS) is 12.4. The number of hydrogen-bond acceptors (Lipinski definition) is 4. The number of rotatable bonds is 4. The molecule has 0 bridgehead atoms. The Morgan fingerprint density at radius 3 is 2.38 bits per heavy atom. The lowest BCUT2D eigenvalue weighted by Gasteiger charge is -2.25. The highest BCUT2D eigenvalue weighted by atomic mass is 35.5. The minimum absolute atomic E-state index is 0. The number of hydrogen-bond donors (Lipinski definition) is 0. The van der Waals surface area contributed by atoms with E-state index in [-0.39, 0.29) is 13.2 Å². The SMILES string of the molecule is C.CC(C)(C)C(=O)C(Oc1ccc(Cl)cc1)n1cncn1. The molecule has 1 heterocycles. The zero-order valence-corrected chi connectivity index (χ0v) is 12.3. The molecule has 0 aliphatic heterocycles. The molecule has 1 aromatic heterocycles. The van der Waals surface area contributed by atoms with Crippen LogP contribution in [0.1, 0.15) is 34.4 Å². The van der Waals surface area contributed by atoms with Gasteiger partial charge in [0.15, 0.2) is 0 Å². The maximum Gasteiger partial charge on any atom is 0.252 e. The van der Waals surface area contributed by atoms with Gasteiger partial charge in [0.05, 0.1) is 0 Å². The van der Waals surface area contributed by atoms with Gasteiger partial charge in [-0.2, -0.15) is 5.10 Å². The molecule has 1 aromatic carbocycles. The zero-order chi connectivity index (χ0) is 14.8. The van der Waals surface area contributed by atoms with E-state index in [1.165, 1.54) is 17.3 Å². The molecule has 0 aliphatic carbocycles. The summed E-state index contributed by atoms with van der Waals surface area (Å²) in [5, 5.41) is 4.61. The molecular weight excluding hydrogens is 290 g/mol. The first-order valence-corrected chi connectivity index (χ1v) is 6.56. The summed E-state index contributed by atoms with van der Waals surface area (Å²) in [6.07, 6.45) is 1.98. The predicted molar refractivity (Wildman–Crippen MR) is 82.3 cm³/mol. The maximum atomic E-state index is 12.5. The van der Waals surface area contributed by atoms with Crippen LogP contribution in [0.4, 0.5) is 0 Å². The van der Waals surface area contributed by atoms with E-state index in [1.54, 1.807) is 24.3 Å². The fourth-order valence-corrected chi connectivity index (χ4v) is 1.70. The van der Waals surface area contributed by atoms with Gasteiger partial charge in [-0.05, 0) is 24.3 Å². The highest BCUT2D eigenvalue weighted by molar-refractivity contribution is 6.30. The number of halogens is 1. The van der Waals surface area contributed by atoms with Crippen molar-refractivity contribution in [1.82, 2.24) is 14.8 Å². The van der Waals surface area contributed by atoms with E-state index in [4.69, 9.17) is 16.3 Å². The van der Waals surface area contributed by atoms with Crippen LogP contribution in [0.3, 0.4) is 0 Å². The molecule has 114 valence electrons. The molecule has 0 N–H and O–H groups in total. The minimum atomic E-state index is -0.848. The number of aromatic nitrogens is 3. The lowest BCUT2D eigenvalue weighted by Crippen LogP contribution is -2.34. The second kappa shape index (κ2) is 6.72. The van der Waals surface area contributed by atoms with E-state index in [2.05, 4.69) is 10.1 Å². The summed E-state index contributed by atoms with van der Waals surface area (Å²) in [7, 11) is 0. The van der Waals surface area contributed by atoms with Crippen LogP contribution >= 0.6 is 11.6 Å². The standard InChI is InChI=1S/C14H16ClN3O2.CH4/c1-14(2,3)12(19)13(18-9-16-8-17-18)20-11-6-4-10(15)5-7-11;/h4-9,13H,1-3H3;1H4. The van der Waals surface area contributed by atoms with Crippen molar-refractivity contribution < 1.29 is 9.53 Å². The second-order valence-electron chi connectivity index (χ2n) is 5.41. The number of Topliss-reactive ketones (excluding diaryl/α,β-unsaturated/α-hetero) is 1. The molecule has 0 spiro atoms. The quantitative estimate of drug-likeness (QED) is 0.863. The van der Waals surface area contributed by atoms with Gasteiger partial charge >= 0.3 is 0 Å². The fourth-order valence-electron chi connectivity index (χ4n) is 1.58. The third kappa shape index (κ3) is 4.29. The monoisotopic (exact) mass is 309 g/mol. The van der Waals surface area contributed by atoms with E-state index < -0.39 is 11.6 Å². The van der Waals surface area contributed by atoms with E-state index in [9.17, 15) is 4.79 Å². The van der Waals surface area contributed by atoms with Crippen molar-refractivity contribution in [3.63, 3.8) is 0 Å². The molecule has 0 fully saturated rings. The average molecular weight is 310 g/mol. The van der Waals surface area contributed by atoms with Crippen LogP contribution in [-0.4, -0.2) is 20.5 Å². The zero-order valence-electron chi connectivity index (χ0n) is 11.6. The molecule has 21 heavy (non-hydrogen) atoms. The number of ether oxygens (including phenoxy) is 1. The van der Waals surface area contributed by atoms with Crippen molar-refractivity contribution in [3.8, 4) is 5.75 Å². The molecule has 1 atom stereocenters. The van der Waals surface area contributed by atoms with Crippen LogP contribution in [0.2, 0.25) is 5.02 Å². The number of carbonyl (C=O) groups excluding carboxylic acids is 1. The molecule has 6 heteroatoms. The lowest BCUT2D eigenvalue weighted by atomic mass is 9.90. The molecule has 0 saturated carbocycles. The maximum absolute atomic E-state index is 12.5. The van der Waals surface area contributed by atoms with Crippen LogP contribution in [0.5, 0.6) is 5.75 Å². The highest BCUT2D eigenvalue weighted by Gasteiger charge is 2.33. The Kier molecular flexibility index (Phi) is 5.49. The van der Waals surface area contributed by atoms with Crippen LogP contribution in [0, 0.1) is 5.41 Å². The Labute approximate surface area is 129 Å². The second-order valence-corrected chi connectivity index (χ2v) is 5.85. The third-order valence-electron chi connectivity index (χ3n) is 2.70. The first-order chi connectivity index (χ1) is 9.38. The van der Waals surface area contributed by atoms with Crippen molar-refractivity contribution >= 4 is 17.4 Å². The Morgan fingerprint density at radius 2 is 1.90 bits per heavy atom. The van der Waals surface area contributed by atoms with E-state index in [1.807, 2.05) is 20.8 Å². The first-order valence-electron chi connectivity index (χ1n) is 6.18. The summed E-state index contributed by atoms with van der Waals surface area (Å²) in [4.78, 5) is 16.4. The van der Waals surface area contributed by atoms with Crippen molar-refractivity contribution in [3.05, 3.63) is 41.9 Å². The molecule has 2 aromatic rings. The largest absolute Gasteiger partial charge is 0.461 e. The lowest BCUT2D eigenvalue weighted by molar-refractivity contribution is -0.138. The van der Waals surface area contributed by atoms with Gasteiger partial charge in [-0.3, -0.25) is 4.79 Å². The van der Waals surface area contributed by atoms with E-state index >= 15 is 0 Å². The summed E-state index contributed by atoms with van der Waals surface area (Å²) in [5.41, 5.74) is -0.553. The summed E-state index contributed by atoms with van der Waals surface area (Å²) in [6.45, 7) is 5.51. The Morgan fingerprint density at radius 1 is 1.29 bits per heavy atom. The molecule has 1 unspecified atom stereocenters. The van der Waals surface area contributed by atoms with Crippen LogP contribution < -0.4 is 4.74 Å². The van der Waals surface area contributed by atoms with Crippen molar-refractivity contribution in [2.75, 3.05) is 0 Å².